The molecule has 0 unspecified atom stereocenters. The molecule has 0 saturated heterocycles. The van der Waals surface area contributed by atoms with Gasteiger partial charge in [0.25, 0.3) is 0 Å². The van der Waals surface area contributed by atoms with E-state index in [0.29, 0.717) is 0 Å². The minimum atomic E-state index is -0.136. The predicted molar refractivity (Wildman–Crippen MR) is 292 cm³/mol. The van der Waals surface area contributed by atoms with Crippen molar-refractivity contribution < 1.29 is 0 Å². The molecular weight excluding hydrogens is 833 g/mol. The summed E-state index contributed by atoms with van der Waals surface area (Å²) < 4.78 is 2.39. The third-order valence-corrected chi connectivity index (χ3v) is 14.6. The van der Waals surface area contributed by atoms with Crippen molar-refractivity contribution in [1.82, 2.24) is 4.57 Å². The molecule has 0 amide bonds. The number of benzene rings is 11. The molecule has 0 spiro atoms. The molecule has 11 aromatic carbocycles. The van der Waals surface area contributed by atoms with Crippen molar-refractivity contribution >= 4 is 49.6 Å². The van der Waals surface area contributed by atoms with Gasteiger partial charge in [0.1, 0.15) is 0 Å². The molecule has 0 saturated carbocycles. The predicted octanol–water partition coefficient (Wildman–Crippen LogP) is 18.4. The lowest BCUT2D eigenvalue weighted by Crippen LogP contribution is -2.15. The van der Waals surface area contributed by atoms with Crippen molar-refractivity contribution in [2.75, 3.05) is 4.90 Å². The van der Waals surface area contributed by atoms with Gasteiger partial charge in [0.05, 0.1) is 28.1 Å². The molecule has 0 atom stereocenters. The average Bonchev–Trinajstić information content (AvgIpc) is 3.86. The van der Waals surface area contributed by atoms with Crippen LogP contribution in [0.2, 0.25) is 0 Å². The van der Waals surface area contributed by atoms with Gasteiger partial charge in [-0.1, -0.05) is 214 Å². The molecule has 12 aromatic rings. The van der Waals surface area contributed by atoms with Crippen LogP contribution >= 0.6 is 0 Å². The fraction of sp³-hybridized carbons (Fsp3) is 0.0448. The Balaban J connectivity index is 1.07. The van der Waals surface area contributed by atoms with E-state index in [2.05, 4.69) is 278 Å². The maximum Gasteiger partial charge on any atom is 0.0541 e. The Kier molecular flexibility index (Phi) is 9.55. The van der Waals surface area contributed by atoms with Crippen LogP contribution < -0.4 is 4.90 Å². The van der Waals surface area contributed by atoms with Crippen LogP contribution in [0.5, 0.6) is 0 Å². The molecule has 0 bridgehead atoms. The summed E-state index contributed by atoms with van der Waals surface area (Å²) in [6.07, 6.45) is 0. The van der Waals surface area contributed by atoms with Crippen molar-refractivity contribution in [2.45, 2.75) is 19.3 Å². The zero-order valence-corrected chi connectivity index (χ0v) is 38.6. The molecule has 0 aliphatic heterocycles. The van der Waals surface area contributed by atoms with Gasteiger partial charge in [0, 0.05) is 38.6 Å². The van der Waals surface area contributed by atoms with E-state index in [9.17, 15) is 0 Å². The first kappa shape index (κ1) is 40.5. The molecule has 13 rings (SSSR count). The summed E-state index contributed by atoms with van der Waals surface area (Å²) in [7, 11) is 0. The summed E-state index contributed by atoms with van der Waals surface area (Å²) in [6, 6.07) is 93.8. The highest BCUT2D eigenvalue weighted by Crippen LogP contribution is 2.53. The lowest BCUT2D eigenvalue weighted by molar-refractivity contribution is 0.660. The molecule has 0 radical (unpaired) electrons. The Labute approximate surface area is 403 Å². The van der Waals surface area contributed by atoms with Crippen LogP contribution in [-0.4, -0.2) is 4.57 Å². The van der Waals surface area contributed by atoms with Crippen LogP contribution in [0.25, 0.3) is 93.9 Å². The lowest BCUT2D eigenvalue weighted by Gasteiger charge is -2.32. The Bertz CT molecular complexity index is 3930. The Morgan fingerprint density at radius 2 is 0.826 bits per heavy atom. The summed E-state index contributed by atoms with van der Waals surface area (Å²) in [5.74, 6) is 0. The second-order valence-corrected chi connectivity index (χ2v) is 18.8. The van der Waals surface area contributed by atoms with E-state index in [1.165, 1.54) is 82.6 Å². The second-order valence-electron chi connectivity index (χ2n) is 18.8. The van der Waals surface area contributed by atoms with Gasteiger partial charge < -0.3 is 9.47 Å². The van der Waals surface area contributed by atoms with Gasteiger partial charge in [-0.15, -0.1) is 0 Å². The Morgan fingerprint density at radius 3 is 1.55 bits per heavy atom. The average molecular weight is 881 g/mol. The summed E-state index contributed by atoms with van der Waals surface area (Å²) in [5, 5.41) is 4.90. The van der Waals surface area contributed by atoms with Crippen LogP contribution in [0.1, 0.15) is 25.0 Å². The zero-order valence-electron chi connectivity index (χ0n) is 38.6. The molecule has 1 aromatic heterocycles. The number of rotatable bonds is 8. The van der Waals surface area contributed by atoms with E-state index in [0.717, 1.165) is 39.4 Å². The number of nitrogens with zero attached hydrogens (tertiary/aromatic N) is 2. The van der Waals surface area contributed by atoms with Crippen LogP contribution in [0, 0.1) is 0 Å². The van der Waals surface area contributed by atoms with Gasteiger partial charge in [0.2, 0.25) is 0 Å². The van der Waals surface area contributed by atoms with E-state index < -0.39 is 0 Å². The van der Waals surface area contributed by atoms with E-state index in [1.54, 1.807) is 0 Å². The molecule has 1 heterocycles. The quantitative estimate of drug-likeness (QED) is 0.148. The molecule has 2 heteroatoms. The summed E-state index contributed by atoms with van der Waals surface area (Å²) in [6.45, 7) is 4.74. The van der Waals surface area contributed by atoms with E-state index in [4.69, 9.17) is 0 Å². The lowest BCUT2D eigenvalue weighted by atomic mass is 9.81. The molecule has 1 aliphatic rings. The molecular formula is C67H48N2. The monoisotopic (exact) mass is 880 g/mol. The van der Waals surface area contributed by atoms with Gasteiger partial charge in [-0.2, -0.15) is 0 Å². The van der Waals surface area contributed by atoms with Gasteiger partial charge in [0.15, 0.2) is 0 Å². The number of para-hydroxylation sites is 5. The van der Waals surface area contributed by atoms with Gasteiger partial charge in [-0.3, -0.25) is 0 Å². The minimum absolute atomic E-state index is 0.136. The molecule has 69 heavy (non-hydrogen) atoms. The normalized spacial score (nSPS) is 12.6. The Morgan fingerprint density at radius 1 is 0.319 bits per heavy atom. The first-order valence-corrected chi connectivity index (χ1v) is 24.0. The zero-order chi connectivity index (χ0) is 46.1. The highest BCUT2D eigenvalue weighted by atomic mass is 15.1. The van der Waals surface area contributed by atoms with Crippen molar-refractivity contribution in [3.05, 3.63) is 266 Å². The van der Waals surface area contributed by atoms with E-state index >= 15 is 0 Å². The smallest absolute Gasteiger partial charge is 0.0541 e. The van der Waals surface area contributed by atoms with Gasteiger partial charge in [-0.05, 0) is 115 Å². The number of anilines is 3. The third-order valence-electron chi connectivity index (χ3n) is 14.6. The third kappa shape index (κ3) is 6.55. The summed E-state index contributed by atoms with van der Waals surface area (Å²) in [5.41, 5.74) is 21.5. The van der Waals surface area contributed by atoms with Gasteiger partial charge >= 0.3 is 0 Å². The second kappa shape index (κ2) is 16.3. The van der Waals surface area contributed by atoms with Crippen LogP contribution in [0.3, 0.4) is 0 Å². The topological polar surface area (TPSA) is 8.17 Å². The summed E-state index contributed by atoms with van der Waals surface area (Å²) in [4.78, 5) is 2.54. The standard InChI is InChI=1S/C67H48N2/c1-67(2)59-34-14-9-29-53(59)54-41-39-48(44-60(54)67)51-28-11-16-36-62(51)69(64-38-18-12-30-55(64)57-33-20-24-46-23-19-32-52(66(46)57)45-21-5-3-6-22-45)61-35-15-10-27-50(61)47-40-42-65-58(43-47)56-31-13-17-37-63(56)68(65)49-25-7-4-8-26-49/h3-44H,1-2H3. The number of aromatic nitrogens is 1. The van der Waals surface area contributed by atoms with Crippen molar-refractivity contribution in [3.8, 4) is 61.3 Å². The van der Waals surface area contributed by atoms with Crippen LogP contribution in [0.15, 0.2) is 255 Å². The molecule has 0 N–H and O–H groups in total. The maximum absolute atomic E-state index is 2.54. The Hall–Kier alpha value is -8.72. The largest absolute Gasteiger partial charge is 0.309 e. The fourth-order valence-electron chi connectivity index (χ4n) is 11.4. The van der Waals surface area contributed by atoms with E-state index in [1.807, 2.05) is 0 Å². The van der Waals surface area contributed by atoms with Gasteiger partial charge in [-0.25, -0.2) is 0 Å². The SMILES string of the molecule is CC1(C)c2ccccc2-c2ccc(-c3ccccc3N(c3ccccc3-c3ccc4c(c3)c3ccccc3n4-c3ccccc3)c3ccccc3-c3cccc4cccc(-c5ccccc5)c34)cc21. The highest BCUT2D eigenvalue weighted by molar-refractivity contribution is 6.12. The number of hydrogen-bond acceptors (Lipinski definition) is 1. The molecule has 0 fully saturated rings. The summed E-state index contributed by atoms with van der Waals surface area (Å²) >= 11 is 0. The highest BCUT2D eigenvalue weighted by Gasteiger charge is 2.35. The van der Waals surface area contributed by atoms with E-state index in [-0.39, 0.29) is 5.41 Å². The number of hydrogen-bond donors (Lipinski definition) is 0. The number of fused-ring (bicyclic) bond motifs is 7. The molecule has 1 aliphatic carbocycles. The van der Waals surface area contributed by atoms with Crippen LogP contribution in [0.4, 0.5) is 17.1 Å². The first-order chi connectivity index (χ1) is 34.0. The fourth-order valence-corrected chi connectivity index (χ4v) is 11.4. The minimum Gasteiger partial charge on any atom is -0.309 e. The van der Waals surface area contributed by atoms with Crippen molar-refractivity contribution in [2.24, 2.45) is 0 Å². The molecule has 2 nitrogen and oxygen atoms in total. The van der Waals surface area contributed by atoms with Crippen molar-refractivity contribution in [1.29, 1.82) is 0 Å². The molecule has 326 valence electrons. The maximum atomic E-state index is 2.54. The van der Waals surface area contributed by atoms with Crippen LogP contribution in [-0.2, 0) is 5.41 Å². The first-order valence-electron chi connectivity index (χ1n) is 24.0. The van der Waals surface area contributed by atoms with Crippen molar-refractivity contribution in [3.63, 3.8) is 0 Å².